The quantitative estimate of drug-likeness (QED) is 0.699. The smallest absolute Gasteiger partial charge is 0.294 e. The van der Waals surface area contributed by atoms with Gasteiger partial charge < -0.3 is 0 Å². The van der Waals surface area contributed by atoms with E-state index < -0.39 is 17.7 Å². The van der Waals surface area contributed by atoms with Crippen LogP contribution >= 0.6 is 0 Å². The third-order valence-corrected chi connectivity index (χ3v) is 1.94. The van der Waals surface area contributed by atoms with Crippen molar-refractivity contribution >= 4 is 11.9 Å². The molecule has 0 saturated carbocycles. The maximum Gasteiger partial charge on any atom is 0.433 e. The van der Waals surface area contributed by atoms with Crippen LogP contribution in [0.2, 0.25) is 0 Å². The number of H-pyrrole nitrogens is 1. The number of Topliss-reactive ketones (excluding diaryl/α,β-unsaturated/α-hetero) is 1. The number of ketones is 1. The highest BCUT2D eigenvalue weighted by Gasteiger charge is 2.39. The Morgan fingerprint density at radius 3 is 2.79 bits per heavy atom. The van der Waals surface area contributed by atoms with E-state index in [1.54, 1.807) is 0 Å². The fourth-order valence-corrected chi connectivity index (χ4v) is 1.34. The van der Waals surface area contributed by atoms with Gasteiger partial charge in [-0.1, -0.05) is 6.08 Å². The third kappa shape index (κ3) is 1.23. The zero-order valence-electron chi connectivity index (χ0n) is 6.85. The molecular weight excluding hydrogens is 197 g/mol. The number of allylic oxidation sites excluding steroid dienone is 1. The fraction of sp³-hybridized carbons (Fsp3) is 0.250. The van der Waals surface area contributed by atoms with Crippen LogP contribution < -0.4 is 0 Å². The van der Waals surface area contributed by atoms with Crippen LogP contribution in [0, 0.1) is 0 Å². The Labute approximate surface area is 76.6 Å². The average Bonchev–Trinajstić information content (AvgIpc) is 2.47. The highest BCUT2D eigenvalue weighted by Crippen LogP contribution is 2.33. The van der Waals surface area contributed by atoms with E-state index in [-0.39, 0.29) is 17.7 Å². The predicted octanol–water partition coefficient (Wildman–Crippen LogP) is 2.03. The van der Waals surface area contributed by atoms with Gasteiger partial charge in [-0.05, 0) is 6.08 Å². The molecule has 1 aliphatic carbocycles. The number of nitrogens with one attached hydrogen (secondary N) is 1. The van der Waals surface area contributed by atoms with Gasteiger partial charge in [-0.2, -0.15) is 18.3 Å². The standard InChI is InChI=1S/C8H5F3N2O/c9-8(10,11)7-6-4(12-13-7)2-1-3-5(6)14/h1-2H,3H2,(H,12,13). The van der Waals surface area contributed by atoms with Gasteiger partial charge in [0.05, 0.1) is 11.3 Å². The number of halogens is 3. The molecule has 0 unspecified atom stereocenters. The molecule has 0 radical (unpaired) electrons. The highest BCUT2D eigenvalue weighted by atomic mass is 19.4. The van der Waals surface area contributed by atoms with Crippen LogP contribution in [0.4, 0.5) is 13.2 Å². The van der Waals surface area contributed by atoms with Gasteiger partial charge in [-0.25, -0.2) is 0 Å². The lowest BCUT2D eigenvalue weighted by Gasteiger charge is -2.07. The van der Waals surface area contributed by atoms with Crippen molar-refractivity contribution in [1.29, 1.82) is 0 Å². The molecule has 6 heteroatoms. The number of fused-ring (bicyclic) bond motifs is 1. The zero-order valence-corrected chi connectivity index (χ0v) is 6.85. The summed E-state index contributed by atoms with van der Waals surface area (Å²) in [5.74, 6) is -0.552. The van der Waals surface area contributed by atoms with Crippen LogP contribution in [0.1, 0.15) is 28.2 Å². The molecule has 2 rings (SSSR count). The zero-order chi connectivity index (χ0) is 10.3. The van der Waals surface area contributed by atoms with Crippen molar-refractivity contribution in [2.24, 2.45) is 0 Å². The van der Waals surface area contributed by atoms with E-state index in [2.05, 4.69) is 5.10 Å². The second-order valence-corrected chi connectivity index (χ2v) is 2.89. The summed E-state index contributed by atoms with van der Waals surface area (Å²) in [5, 5.41) is 5.26. The van der Waals surface area contributed by atoms with Gasteiger partial charge in [0.1, 0.15) is 0 Å². The van der Waals surface area contributed by atoms with Gasteiger partial charge >= 0.3 is 6.18 Å². The van der Waals surface area contributed by atoms with Crippen LogP contribution in [0.3, 0.4) is 0 Å². The van der Waals surface area contributed by atoms with Crippen LogP contribution in [0.25, 0.3) is 6.08 Å². The lowest BCUT2D eigenvalue weighted by atomic mass is 10.0. The van der Waals surface area contributed by atoms with E-state index in [0.29, 0.717) is 0 Å². The van der Waals surface area contributed by atoms with Gasteiger partial charge in [0.2, 0.25) is 0 Å². The number of aromatic amines is 1. The first-order chi connectivity index (χ1) is 6.50. The normalized spacial score (nSPS) is 15.8. The molecule has 1 aliphatic rings. The summed E-state index contributed by atoms with van der Waals surface area (Å²) in [6.45, 7) is 0. The summed E-state index contributed by atoms with van der Waals surface area (Å²) >= 11 is 0. The summed E-state index contributed by atoms with van der Waals surface area (Å²) in [6.07, 6.45) is -1.66. The molecule has 0 saturated heterocycles. The Morgan fingerprint density at radius 1 is 1.43 bits per heavy atom. The number of rotatable bonds is 0. The summed E-state index contributed by atoms with van der Waals surface area (Å²) in [5.41, 5.74) is -1.34. The topological polar surface area (TPSA) is 45.8 Å². The summed E-state index contributed by atoms with van der Waals surface area (Å²) in [4.78, 5) is 11.2. The van der Waals surface area contributed by atoms with Crippen LogP contribution in [-0.2, 0) is 6.18 Å². The largest absolute Gasteiger partial charge is 0.433 e. The summed E-state index contributed by atoms with van der Waals surface area (Å²) in [7, 11) is 0. The Balaban J connectivity index is 2.61. The van der Waals surface area contributed by atoms with Gasteiger partial charge in [0.15, 0.2) is 11.5 Å². The molecule has 1 aromatic rings. The number of hydrogen-bond acceptors (Lipinski definition) is 2. The molecule has 1 heterocycles. The molecule has 74 valence electrons. The van der Waals surface area contributed by atoms with E-state index in [1.807, 2.05) is 5.10 Å². The molecule has 0 amide bonds. The molecule has 0 aliphatic heterocycles. The fourth-order valence-electron chi connectivity index (χ4n) is 1.34. The molecule has 0 fully saturated rings. The van der Waals surface area contributed by atoms with Crippen LogP contribution in [0.15, 0.2) is 6.08 Å². The van der Waals surface area contributed by atoms with Gasteiger partial charge in [-0.3, -0.25) is 9.89 Å². The van der Waals surface area contributed by atoms with Crippen molar-refractivity contribution in [3.05, 3.63) is 23.0 Å². The van der Waals surface area contributed by atoms with Crippen molar-refractivity contribution in [3.8, 4) is 0 Å². The number of aromatic nitrogens is 2. The monoisotopic (exact) mass is 202 g/mol. The minimum absolute atomic E-state index is 0.00435. The first-order valence-electron chi connectivity index (χ1n) is 3.85. The van der Waals surface area contributed by atoms with Gasteiger partial charge in [-0.15, -0.1) is 0 Å². The maximum absolute atomic E-state index is 12.3. The summed E-state index contributed by atoms with van der Waals surface area (Å²) in [6, 6.07) is 0. The van der Waals surface area contributed by atoms with E-state index in [0.717, 1.165) is 0 Å². The third-order valence-electron chi connectivity index (χ3n) is 1.94. The molecule has 14 heavy (non-hydrogen) atoms. The first kappa shape index (κ1) is 8.98. The van der Waals surface area contributed by atoms with E-state index >= 15 is 0 Å². The van der Waals surface area contributed by atoms with E-state index in [4.69, 9.17) is 0 Å². The lowest BCUT2D eigenvalue weighted by molar-refractivity contribution is -0.141. The number of carbonyl (C=O) groups excluding carboxylic acids is 1. The van der Waals surface area contributed by atoms with Crippen molar-refractivity contribution < 1.29 is 18.0 Å². The molecule has 0 atom stereocenters. The number of carbonyl (C=O) groups is 1. The second-order valence-electron chi connectivity index (χ2n) is 2.89. The number of nitrogens with zero attached hydrogens (tertiary/aromatic N) is 1. The Kier molecular flexibility index (Phi) is 1.73. The molecule has 1 aromatic heterocycles. The first-order valence-corrected chi connectivity index (χ1v) is 3.85. The van der Waals surface area contributed by atoms with Crippen molar-refractivity contribution in [2.45, 2.75) is 12.6 Å². The van der Waals surface area contributed by atoms with Gasteiger partial charge in [0.25, 0.3) is 0 Å². The Morgan fingerprint density at radius 2 is 2.14 bits per heavy atom. The molecule has 0 bridgehead atoms. The molecule has 0 spiro atoms. The molecule has 0 aromatic carbocycles. The van der Waals surface area contributed by atoms with Crippen molar-refractivity contribution in [2.75, 3.05) is 0 Å². The van der Waals surface area contributed by atoms with E-state index in [1.165, 1.54) is 12.2 Å². The minimum atomic E-state index is -4.55. The van der Waals surface area contributed by atoms with Gasteiger partial charge in [0, 0.05) is 6.42 Å². The maximum atomic E-state index is 12.3. The lowest BCUT2D eigenvalue weighted by Crippen LogP contribution is -2.13. The van der Waals surface area contributed by atoms with Crippen molar-refractivity contribution in [3.63, 3.8) is 0 Å². The molecule has 1 N–H and O–H groups in total. The number of hydrogen-bond donors (Lipinski definition) is 1. The minimum Gasteiger partial charge on any atom is -0.294 e. The van der Waals surface area contributed by atoms with Crippen molar-refractivity contribution in [1.82, 2.24) is 10.2 Å². The SMILES string of the molecule is O=C1CC=Cc2n[nH]c(C(F)(F)F)c21. The Bertz CT molecular complexity index is 417. The van der Waals surface area contributed by atoms with Crippen LogP contribution in [0.5, 0.6) is 0 Å². The molecule has 3 nitrogen and oxygen atoms in total. The molecular formula is C8H5F3N2O. The Hall–Kier alpha value is -1.59. The number of alkyl halides is 3. The second kappa shape index (κ2) is 2.70. The van der Waals surface area contributed by atoms with Crippen LogP contribution in [-0.4, -0.2) is 16.0 Å². The van der Waals surface area contributed by atoms with E-state index in [9.17, 15) is 18.0 Å². The highest BCUT2D eigenvalue weighted by molar-refractivity contribution is 6.03. The average molecular weight is 202 g/mol. The predicted molar refractivity (Wildman–Crippen MR) is 41.6 cm³/mol. The summed E-state index contributed by atoms with van der Waals surface area (Å²) < 4.78 is 37.0.